The van der Waals surface area contributed by atoms with E-state index in [4.69, 9.17) is 0 Å². The highest BCUT2D eigenvalue weighted by Crippen LogP contribution is 2.30. The summed E-state index contributed by atoms with van der Waals surface area (Å²) in [7, 11) is 0. The number of hydrogen-bond donors (Lipinski definition) is 1. The van der Waals surface area contributed by atoms with Crippen molar-refractivity contribution in [2.24, 2.45) is 5.92 Å². The van der Waals surface area contributed by atoms with E-state index in [9.17, 15) is 9.59 Å². The zero-order valence-corrected chi connectivity index (χ0v) is 12.8. The van der Waals surface area contributed by atoms with E-state index < -0.39 is 5.54 Å². The number of amides is 3. The molecule has 1 aromatic carbocycles. The molecule has 0 bridgehead atoms. The summed E-state index contributed by atoms with van der Waals surface area (Å²) in [6.45, 7) is 6.15. The fourth-order valence-electron chi connectivity index (χ4n) is 2.22. The molecular weight excluding hydrogens is 308 g/mol. The van der Waals surface area contributed by atoms with Crippen LogP contribution in [-0.2, 0) is 10.3 Å². The van der Waals surface area contributed by atoms with Gasteiger partial charge in [-0.2, -0.15) is 0 Å². The zero-order valence-electron chi connectivity index (χ0n) is 11.2. The Kier molecular flexibility index (Phi) is 3.67. The van der Waals surface area contributed by atoms with Crippen LogP contribution in [-0.4, -0.2) is 23.4 Å². The second-order valence-electron chi connectivity index (χ2n) is 5.38. The van der Waals surface area contributed by atoms with E-state index in [0.29, 0.717) is 6.54 Å². The van der Waals surface area contributed by atoms with Crippen LogP contribution in [0.25, 0.3) is 0 Å². The summed E-state index contributed by atoms with van der Waals surface area (Å²) < 4.78 is 0.885. The van der Waals surface area contributed by atoms with E-state index in [1.54, 1.807) is 6.92 Å². The molecule has 0 aliphatic carbocycles. The molecule has 102 valence electrons. The van der Waals surface area contributed by atoms with E-state index in [1.165, 1.54) is 4.90 Å². The number of carbonyl (C=O) groups is 2. The number of nitrogens with zero attached hydrogens (tertiary/aromatic N) is 1. The van der Waals surface area contributed by atoms with Crippen molar-refractivity contribution >= 4 is 27.9 Å². The second-order valence-corrected chi connectivity index (χ2v) is 6.29. The lowest BCUT2D eigenvalue weighted by atomic mass is 9.92. The maximum atomic E-state index is 12.5. The number of imide groups is 1. The first-order valence-electron chi connectivity index (χ1n) is 6.24. The van der Waals surface area contributed by atoms with Crippen molar-refractivity contribution in [1.82, 2.24) is 10.2 Å². The van der Waals surface area contributed by atoms with Gasteiger partial charge < -0.3 is 5.32 Å². The molecule has 3 amide bonds. The van der Waals surface area contributed by atoms with Gasteiger partial charge in [-0.3, -0.25) is 9.69 Å². The Morgan fingerprint density at radius 2 is 2.05 bits per heavy atom. The topological polar surface area (TPSA) is 49.4 Å². The third-order valence-corrected chi connectivity index (χ3v) is 3.72. The summed E-state index contributed by atoms with van der Waals surface area (Å²) in [5.41, 5.74) is -0.193. The van der Waals surface area contributed by atoms with Crippen LogP contribution in [0.3, 0.4) is 0 Å². The van der Waals surface area contributed by atoms with Gasteiger partial charge in [0.05, 0.1) is 0 Å². The molecule has 1 aromatic rings. The molecule has 1 heterocycles. The fourth-order valence-corrected chi connectivity index (χ4v) is 2.62. The van der Waals surface area contributed by atoms with Gasteiger partial charge in [0.25, 0.3) is 5.91 Å². The second kappa shape index (κ2) is 4.96. The molecule has 1 aliphatic heterocycles. The fraction of sp³-hybridized carbons (Fsp3) is 0.429. The third kappa shape index (κ3) is 2.52. The van der Waals surface area contributed by atoms with E-state index in [-0.39, 0.29) is 17.9 Å². The molecule has 1 N–H and O–H groups in total. The Bertz CT molecular complexity index is 530. The molecular formula is C14H17BrN2O2. The maximum Gasteiger partial charge on any atom is 0.325 e. The van der Waals surface area contributed by atoms with E-state index >= 15 is 0 Å². The van der Waals surface area contributed by atoms with E-state index in [0.717, 1.165) is 10.0 Å². The first kappa shape index (κ1) is 14.1. The molecule has 1 saturated heterocycles. The number of hydrogen-bond acceptors (Lipinski definition) is 2. The minimum absolute atomic E-state index is 0.190. The van der Waals surface area contributed by atoms with Crippen LogP contribution in [0.1, 0.15) is 26.3 Å². The summed E-state index contributed by atoms with van der Waals surface area (Å²) in [6, 6.07) is 7.13. The zero-order chi connectivity index (χ0) is 14.2. The predicted molar refractivity (Wildman–Crippen MR) is 76.6 cm³/mol. The first-order chi connectivity index (χ1) is 8.84. The molecule has 0 aromatic heterocycles. The highest BCUT2D eigenvalue weighted by Gasteiger charge is 2.48. The van der Waals surface area contributed by atoms with E-state index in [1.807, 2.05) is 38.1 Å². The Labute approximate surface area is 121 Å². The quantitative estimate of drug-likeness (QED) is 0.869. The van der Waals surface area contributed by atoms with Crippen molar-refractivity contribution in [3.8, 4) is 0 Å². The number of benzene rings is 1. The van der Waals surface area contributed by atoms with Crippen LogP contribution < -0.4 is 5.32 Å². The molecule has 4 nitrogen and oxygen atoms in total. The normalized spacial score (nSPS) is 23.1. The largest absolute Gasteiger partial charge is 0.325 e. The van der Waals surface area contributed by atoms with Crippen molar-refractivity contribution < 1.29 is 9.59 Å². The van der Waals surface area contributed by atoms with Crippen LogP contribution in [0.2, 0.25) is 0 Å². The van der Waals surface area contributed by atoms with Gasteiger partial charge in [0.1, 0.15) is 5.54 Å². The average Bonchev–Trinajstić information content (AvgIpc) is 2.54. The van der Waals surface area contributed by atoms with Crippen molar-refractivity contribution in [2.45, 2.75) is 26.3 Å². The highest BCUT2D eigenvalue weighted by atomic mass is 79.9. The summed E-state index contributed by atoms with van der Waals surface area (Å²) in [5, 5.41) is 2.80. The lowest BCUT2D eigenvalue weighted by Crippen LogP contribution is -2.41. The Morgan fingerprint density at radius 3 is 2.63 bits per heavy atom. The van der Waals surface area contributed by atoms with Crippen molar-refractivity contribution in [1.29, 1.82) is 0 Å². The number of rotatable bonds is 3. The SMILES string of the molecule is CC(C)CN1C(=O)NC(C)(c2cccc(Br)c2)C1=O. The van der Waals surface area contributed by atoms with Gasteiger partial charge in [0.15, 0.2) is 0 Å². The molecule has 5 heteroatoms. The Balaban J connectivity index is 2.35. The number of nitrogens with one attached hydrogen (secondary N) is 1. The van der Waals surface area contributed by atoms with Crippen LogP contribution in [0.5, 0.6) is 0 Å². The monoisotopic (exact) mass is 324 g/mol. The van der Waals surface area contributed by atoms with Gasteiger partial charge in [-0.25, -0.2) is 4.79 Å². The minimum atomic E-state index is -0.976. The lowest BCUT2D eigenvalue weighted by molar-refractivity contribution is -0.131. The Morgan fingerprint density at radius 1 is 1.37 bits per heavy atom. The van der Waals surface area contributed by atoms with Gasteiger partial charge in [-0.05, 0) is 30.5 Å². The van der Waals surface area contributed by atoms with Crippen LogP contribution >= 0.6 is 15.9 Å². The number of urea groups is 1. The third-order valence-electron chi connectivity index (χ3n) is 3.22. The van der Waals surface area contributed by atoms with Gasteiger partial charge >= 0.3 is 6.03 Å². The van der Waals surface area contributed by atoms with Crippen LogP contribution in [0.4, 0.5) is 4.79 Å². The molecule has 1 aliphatic rings. The standard InChI is InChI=1S/C14H17BrN2O2/c1-9(2)8-17-12(18)14(3,16-13(17)19)10-5-4-6-11(15)7-10/h4-7,9H,8H2,1-3H3,(H,16,19). The van der Waals surface area contributed by atoms with Gasteiger partial charge in [0, 0.05) is 11.0 Å². The summed E-state index contributed by atoms with van der Waals surface area (Å²) in [4.78, 5) is 25.8. The summed E-state index contributed by atoms with van der Waals surface area (Å²) >= 11 is 3.39. The molecule has 0 saturated carbocycles. The van der Waals surface area contributed by atoms with Gasteiger partial charge in [-0.15, -0.1) is 0 Å². The molecule has 0 spiro atoms. The van der Waals surface area contributed by atoms with Gasteiger partial charge in [-0.1, -0.05) is 41.9 Å². The van der Waals surface area contributed by atoms with Crippen molar-refractivity contribution in [2.75, 3.05) is 6.54 Å². The minimum Gasteiger partial charge on any atom is -0.319 e. The predicted octanol–water partition coefficient (Wildman–Crippen LogP) is 2.87. The molecule has 1 fully saturated rings. The summed E-state index contributed by atoms with van der Waals surface area (Å²) in [6.07, 6.45) is 0. The molecule has 0 radical (unpaired) electrons. The molecule has 1 atom stereocenters. The van der Waals surface area contributed by atoms with Crippen LogP contribution in [0, 0.1) is 5.92 Å². The van der Waals surface area contributed by atoms with Crippen LogP contribution in [0.15, 0.2) is 28.7 Å². The average molecular weight is 325 g/mol. The Hall–Kier alpha value is -1.36. The van der Waals surface area contributed by atoms with Gasteiger partial charge in [0.2, 0.25) is 0 Å². The maximum absolute atomic E-state index is 12.5. The van der Waals surface area contributed by atoms with Crippen molar-refractivity contribution in [3.05, 3.63) is 34.3 Å². The number of carbonyl (C=O) groups excluding carboxylic acids is 2. The highest BCUT2D eigenvalue weighted by molar-refractivity contribution is 9.10. The first-order valence-corrected chi connectivity index (χ1v) is 7.04. The molecule has 19 heavy (non-hydrogen) atoms. The summed E-state index contributed by atoms with van der Waals surface area (Å²) in [5.74, 6) is 0.0591. The lowest BCUT2D eigenvalue weighted by Gasteiger charge is -2.23. The molecule has 2 rings (SSSR count). The number of halogens is 1. The van der Waals surface area contributed by atoms with E-state index in [2.05, 4.69) is 21.2 Å². The molecule has 1 unspecified atom stereocenters. The smallest absolute Gasteiger partial charge is 0.319 e. The van der Waals surface area contributed by atoms with Crippen molar-refractivity contribution in [3.63, 3.8) is 0 Å².